The average molecular weight is 260 g/mol. The zero-order valence-electron chi connectivity index (χ0n) is 11.1. The highest BCUT2D eigenvalue weighted by Crippen LogP contribution is 2.43. The summed E-state index contributed by atoms with van der Waals surface area (Å²) in [5.74, 6) is 1.38. The van der Waals surface area contributed by atoms with Crippen molar-refractivity contribution in [2.75, 3.05) is 13.4 Å². The van der Waals surface area contributed by atoms with Crippen molar-refractivity contribution in [3.8, 4) is 11.5 Å². The summed E-state index contributed by atoms with van der Waals surface area (Å²) in [5.41, 5.74) is 4.56. The molecule has 2 aliphatic rings. The minimum atomic E-state index is -0.178. The summed E-state index contributed by atoms with van der Waals surface area (Å²) in [4.78, 5) is 11.7. The van der Waals surface area contributed by atoms with Crippen LogP contribution in [0, 0.1) is 0 Å². The van der Waals surface area contributed by atoms with Gasteiger partial charge in [-0.05, 0) is 49.1 Å². The Kier molecular flexibility index (Phi) is 2.93. The number of carbonyl (C=O) groups excluding carboxylic acids is 1. The number of rotatable bonds is 3. The van der Waals surface area contributed by atoms with Crippen LogP contribution in [0.4, 0.5) is 0 Å². The molecule has 0 aromatic heterocycles. The van der Waals surface area contributed by atoms with Gasteiger partial charge in [0.2, 0.25) is 6.79 Å². The van der Waals surface area contributed by atoms with Crippen LogP contribution in [0.2, 0.25) is 0 Å². The van der Waals surface area contributed by atoms with Gasteiger partial charge in [0.15, 0.2) is 11.5 Å². The van der Waals surface area contributed by atoms with E-state index in [1.54, 1.807) is 0 Å². The van der Waals surface area contributed by atoms with Gasteiger partial charge in [0.05, 0.1) is 13.0 Å². The summed E-state index contributed by atoms with van der Waals surface area (Å²) >= 11 is 0. The van der Waals surface area contributed by atoms with Gasteiger partial charge in [-0.3, -0.25) is 4.79 Å². The highest BCUT2D eigenvalue weighted by Gasteiger charge is 2.25. The monoisotopic (exact) mass is 260 g/mol. The van der Waals surface area contributed by atoms with E-state index in [4.69, 9.17) is 14.2 Å². The maximum absolute atomic E-state index is 11.7. The maximum Gasteiger partial charge on any atom is 0.310 e. The normalized spacial score (nSPS) is 15.7. The van der Waals surface area contributed by atoms with Crippen LogP contribution in [0.3, 0.4) is 0 Å². The number of hydrogen-bond acceptors (Lipinski definition) is 4. The van der Waals surface area contributed by atoms with Crippen LogP contribution in [-0.4, -0.2) is 19.4 Å². The molecule has 1 aliphatic heterocycles. The van der Waals surface area contributed by atoms with Gasteiger partial charge in [0.1, 0.15) is 0 Å². The Bertz CT molecular complexity index is 572. The molecule has 1 aromatic carbocycles. The quantitative estimate of drug-likeness (QED) is 0.784. The Morgan fingerprint density at radius 1 is 1.32 bits per heavy atom. The number of fused-ring (bicyclic) bond motifs is 2. The summed E-state index contributed by atoms with van der Waals surface area (Å²) in [6.45, 7) is 4.56. The van der Waals surface area contributed by atoms with Crippen molar-refractivity contribution in [2.45, 2.75) is 26.7 Å². The Morgan fingerprint density at radius 3 is 2.79 bits per heavy atom. The molecule has 0 fully saturated rings. The van der Waals surface area contributed by atoms with Crippen molar-refractivity contribution >= 4 is 11.5 Å². The predicted octanol–water partition coefficient (Wildman–Crippen LogP) is 2.70. The molecule has 0 bridgehead atoms. The van der Waals surface area contributed by atoms with E-state index in [1.807, 2.05) is 19.1 Å². The SMILES string of the molecule is CCOC(=O)CC1=C(C)Cc2cc3c(cc21)OCO3. The lowest BCUT2D eigenvalue weighted by Crippen LogP contribution is -2.04. The molecule has 1 heterocycles. The molecule has 0 atom stereocenters. The topological polar surface area (TPSA) is 44.8 Å². The van der Waals surface area contributed by atoms with E-state index in [0.29, 0.717) is 13.0 Å². The largest absolute Gasteiger partial charge is 0.466 e. The van der Waals surface area contributed by atoms with Gasteiger partial charge in [0.25, 0.3) is 0 Å². The van der Waals surface area contributed by atoms with Crippen LogP contribution in [0.25, 0.3) is 5.57 Å². The molecule has 0 amide bonds. The van der Waals surface area contributed by atoms with E-state index in [9.17, 15) is 4.79 Å². The van der Waals surface area contributed by atoms with E-state index in [1.165, 1.54) is 11.1 Å². The van der Waals surface area contributed by atoms with Gasteiger partial charge in [0, 0.05) is 0 Å². The number of hydrogen-bond donors (Lipinski definition) is 0. The molecular weight excluding hydrogens is 244 g/mol. The number of allylic oxidation sites excluding steroid dienone is 1. The molecule has 0 spiro atoms. The average Bonchev–Trinajstić information content (AvgIpc) is 2.92. The molecule has 1 aliphatic carbocycles. The third-order valence-corrected chi connectivity index (χ3v) is 3.52. The van der Waals surface area contributed by atoms with Crippen molar-refractivity contribution in [1.82, 2.24) is 0 Å². The lowest BCUT2D eigenvalue weighted by molar-refractivity contribution is -0.141. The third-order valence-electron chi connectivity index (χ3n) is 3.52. The van der Waals surface area contributed by atoms with E-state index >= 15 is 0 Å². The van der Waals surface area contributed by atoms with Crippen molar-refractivity contribution in [3.63, 3.8) is 0 Å². The molecule has 100 valence electrons. The lowest BCUT2D eigenvalue weighted by atomic mass is 10.0. The Hall–Kier alpha value is -1.97. The summed E-state index contributed by atoms with van der Waals surface area (Å²) in [6.07, 6.45) is 1.19. The van der Waals surface area contributed by atoms with Crippen molar-refractivity contribution in [2.24, 2.45) is 0 Å². The first-order valence-electron chi connectivity index (χ1n) is 6.46. The first kappa shape index (κ1) is 12.1. The van der Waals surface area contributed by atoms with Gasteiger partial charge in [-0.2, -0.15) is 0 Å². The van der Waals surface area contributed by atoms with Crippen molar-refractivity contribution in [3.05, 3.63) is 28.8 Å². The molecule has 0 unspecified atom stereocenters. The standard InChI is InChI=1S/C15H16O4/c1-3-17-15(16)7-11-9(2)4-10-5-13-14(6-12(10)11)19-8-18-13/h5-6H,3-4,7-8H2,1-2H3. The summed E-state index contributed by atoms with van der Waals surface area (Å²) in [7, 11) is 0. The van der Waals surface area contributed by atoms with Gasteiger partial charge in [-0.15, -0.1) is 0 Å². The zero-order chi connectivity index (χ0) is 13.4. The summed E-state index contributed by atoms with van der Waals surface area (Å²) < 4.78 is 15.8. The molecule has 1 aromatic rings. The second-order valence-corrected chi connectivity index (χ2v) is 4.78. The lowest BCUT2D eigenvalue weighted by Gasteiger charge is -2.07. The number of carbonyl (C=O) groups is 1. The maximum atomic E-state index is 11.7. The highest BCUT2D eigenvalue weighted by molar-refractivity contribution is 5.90. The second-order valence-electron chi connectivity index (χ2n) is 4.78. The fourth-order valence-electron chi connectivity index (χ4n) is 2.64. The molecule has 19 heavy (non-hydrogen) atoms. The second kappa shape index (κ2) is 4.61. The van der Waals surface area contributed by atoms with Gasteiger partial charge in [-0.25, -0.2) is 0 Å². The van der Waals surface area contributed by atoms with E-state index in [-0.39, 0.29) is 12.8 Å². The van der Waals surface area contributed by atoms with E-state index < -0.39 is 0 Å². The number of benzene rings is 1. The van der Waals surface area contributed by atoms with E-state index in [2.05, 4.69) is 6.92 Å². The number of ether oxygens (including phenoxy) is 3. The molecule has 0 N–H and O–H groups in total. The Balaban J connectivity index is 1.91. The molecule has 0 saturated carbocycles. The zero-order valence-corrected chi connectivity index (χ0v) is 11.1. The van der Waals surface area contributed by atoms with Gasteiger partial charge < -0.3 is 14.2 Å². The minimum absolute atomic E-state index is 0.178. The smallest absolute Gasteiger partial charge is 0.310 e. The van der Waals surface area contributed by atoms with Crippen LogP contribution in [0.15, 0.2) is 17.7 Å². The van der Waals surface area contributed by atoms with Gasteiger partial charge >= 0.3 is 5.97 Å². The molecule has 0 radical (unpaired) electrons. The van der Waals surface area contributed by atoms with Crippen LogP contribution in [0.1, 0.15) is 31.4 Å². The predicted molar refractivity (Wildman–Crippen MR) is 70.1 cm³/mol. The van der Waals surface area contributed by atoms with Crippen LogP contribution in [-0.2, 0) is 16.0 Å². The van der Waals surface area contributed by atoms with Crippen LogP contribution < -0.4 is 9.47 Å². The fraction of sp³-hybridized carbons (Fsp3) is 0.400. The Morgan fingerprint density at radius 2 is 2.05 bits per heavy atom. The minimum Gasteiger partial charge on any atom is -0.466 e. The third kappa shape index (κ3) is 2.07. The van der Waals surface area contributed by atoms with Gasteiger partial charge in [-0.1, -0.05) is 5.57 Å². The molecule has 0 saturated heterocycles. The first-order valence-corrected chi connectivity index (χ1v) is 6.46. The number of esters is 1. The highest BCUT2D eigenvalue weighted by atomic mass is 16.7. The van der Waals surface area contributed by atoms with Crippen LogP contribution >= 0.6 is 0 Å². The first-order chi connectivity index (χ1) is 9.19. The van der Waals surface area contributed by atoms with E-state index in [0.717, 1.165) is 29.1 Å². The van der Waals surface area contributed by atoms with Crippen LogP contribution in [0.5, 0.6) is 11.5 Å². The molecule has 4 nitrogen and oxygen atoms in total. The molecule has 3 rings (SSSR count). The van der Waals surface area contributed by atoms with Crippen molar-refractivity contribution in [1.29, 1.82) is 0 Å². The summed E-state index contributed by atoms with van der Waals surface area (Å²) in [5, 5.41) is 0. The Labute approximate surface area is 112 Å². The summed E-state index contributed by atoms with van der Waals surface area (Å²) in [6, 6.07) is 3.99. The van der Waals surface area contributed by atoms with Crippen molar-refractivity contribution < 1.29 is 19.0 Å². The molecular formula is C15H16O4. The molecule has 4 heteroatoms. The fourth-order valence-corrected chi connectivity index (χ4v) is 2.64.